The molecular weight excluding hydrogens is 1830 g/mol. The molecule has 0 N–H and O–H groups in total. The second-order valence-corrected chi connectivity index (χ2v) is 42.2. The SMILES string of the molecule is Cc1cc(C)c(B(c2c(C)cc(C)cc2C)c2cccc3c2ccc2c(-c4ccc(F)cc4)nc4ccccc4c23)c(C)c1.Cc1cc(C)c(B(c2ccc(-c3ccc(-c4cccc5c4ccc4c(-c6ccc(F)cc6)nc6ccccc6c45)cc3)cc2)c2c(C)cc(C)cc2C)c(C)c1.Cc1cc(C)c(B(c2ccc(-c3cccc4c3ccc3c(-c5ccc(F)cc5)nc5ccccc5c34)cc2)c2c(C)cc(C)cc2C)c(C)c1. The van der Waals surface area contributed by atoms with E-state index in [1.165, 1.54) is 262 Å². The number of aromatic nitrogens is 3. The summed E-state index contributed by atoms with van der Waals surface area (Å²) in [5, 5.41) is 17.2. The van der Waals surface area contributed by atoms with Crippen LogP contribution in [0.15, 0.2) is 382 Å². The predicted molar refractivity (Wildman–Crippen MR) is 641 cm³/mol. The van der Waals surface area contributed by atoms with Gasteiger partial charge in [0.2, 0.25) is 20.1 Å². The van der Waals surface area contributed by atoms with E-state index in [1.807, 2.05) is 54.6 Å². The first-order chi connectivity index (χ1) is 72.5. The van der Waals surface area contributed by atoms with Crippen molar-refractivity contribution in [2.75, 3.05) is 0 Å². The smallest absolute Gasteiger partial charge is 0.243 e. The summed E-state index contributed by atoms with van der Waals surface area (Å²) >= 11 is 0. The minimum Gasteiger partial charge on any atom is -0.247 e. The van der Waals surface area contributed by atoms with Crippen LogP contribution in [0.1, 0.15) is 100 Å². The number of hydrogen-bond acceptors (Lipinski definition) is 3. The molecule has 21 aromatic carbocycles. The molecule has 0 saturated heterocycles. The molecule has 0 spiro atoms. The number of hydrogen-bond donors (Lipinski definition) is 0. The van der Waals surface area contributed by atoms with E-state index < -0.39 is 0 Å². The van der Waals surface area contributed by atoms with Gasteiger partial charge in [-0.3, -0.25) is 0 Å². The number of benzene rings is 21. The molecular formula is C141H117B3F3N3. The quantitative estimate of drug-likeness (QED) is 0.0758. The number of halogens is 3. The number of fused-ring (bicyclic) bond motifs is 15. The Morgan fingerprint density at radius 3 is 0.667 bits per heavy atom. The lowest BCUT2D eigenvalue weighted by Gasteiger charge is -2.26. The Balaban J connectivity index is 0.000000128. The van der Waals surface area contributed by atoms with E-state index >= 15 is 0 Å². The van der Waals surface area contributed by atoms with Gasteiger partial charge in [-0.05, 0) is 281 Å². The number of nitrogens with zero attached hydrogens (tertiary/aromatic N) is 3. The molecule has 3 heterocycles. The zero-order chi connectivity index (χ0) is 104. The van der Waals surface area contributed by atoms with Gasteiger partial charge in [-0.25, -0.2) is 28.1 Å². The first-order valence-corrected chi connectivity index (χ1v) is 52.3. The van der Waals surface area contributed by atoms with Gasteiger partial charge in [-0.15, -0.1) is 0 Å². The molecule has 0 radical (unpaired) electrons. The number of para-hydroxylation sites is 3. The third-order valence-electron chi connectivity index (χ3n) is 31.4. The third-order valence-corrected chi connectivity index (χ3v) is 31.4. The van der Waals surface area contributed by atoms with Gasteiger partial charge in [0.1, 0.15) is 17.5 Å². The maximum atomic E-state index is 13.9. The molecule has 0 aliphatic rings. The van der Waals surface area contributed by atoms with Gasteiger partial charge in [0, 0.05) is 65.2 Å². The average molecular weight is 1940 g/mol. The third kappa shape index (κ3) is 18.3. The van der Waals surface area contributed by atoms with Crippen molar-refractivity contribution in [3.8, 4) is 67.2 Å². The molecule has 0 atom stereocenters. The average Bonchev–Trinajstić information content (AvgIpc) is 0.729. The van der Waals surface area contributed by atoms with Gasteiger partial charge in [-0.2, -0.15) is 0 Å². The lowest BCUT2D eigenvalue weighted by Crippen LogP contribution is -2.56. The summed E-state index contributed by atoms with van der Waals surface area (Å²) in [6.45, 7) is 40.6. The fourth-order valence-electron chi connectivity index (χ4n) is 25.5. The minimum atomic E-state index is -0.253. The van der Waals surface area contributed by atoms with Gasteiger partial charge < -0.3 is 0 Å². The second kappa shape index (κ2) is 40.2. The molecule has 0 aliphatic carbocycles. The van der Waals surface area contributed by atoms with Crippen LogP contribution in [0.2, 0.25) is 0 Å². The minimum absolute atomic E-state index is 0.0713. The zero-order valence-electron chi connectivity index (χ0n) is 88.6. The van der Waals surface area contributed by atoms with Crippen LogP contribution in [-0.2, 0) is 0 Å². The maximum Gasteiger partial charge on any atom is 0.243 e. The molecule has 0 unspecified atom stereocenters. The van der Waals surface area contributed by atoms with E-state index in [2.05, 4.69) is 416 Å². The summed E-state index contributed by atoms with van der Waals surface area (Å²) in [5.41, 5.74) is 51.2. The van der Waals surface area contributed by atoms with Crippen molar-refractivity contribution in [2.24, 2.45) is 0 Å². The van der Waals surface area contributed by atoms with Crippen LogP contribution in [-0.4, -0.2) is 35.1 Å². The number of pyridine rings is 3. The van der Waals surface area contributed by atoms with Gasteiger partial charge in [0.25, 0.3) is 0 Å². The monoisotopic (exact) mass is 1940 g/mol. The zero-order valence-corrected chi connectivity index (χ0v) is 88.6. The van der Waals surface area contributed by atoms with Crippen LogP contribution in [0.3, 0.4) is 0 Å². The highest BCUT2D eigenvalue weighted by Gasteiger charge is 2.34. The Bertz CT molecular complexity index is 9240. The Labute approximate surface area is 880 Å². The summed E-state index contributed by atoms with van der Waals surface area (Å²) in [5.74, 6) is -0.750. The molecule has 0 amide bonds. The van der Waals surface area contributed by atoms with Crippen molar-refractivity contribution < 1.29 is 13.2 Å². The summed E-state index contributed by atoms with van der Waals surface area (Å²) in [6.07, 6.45) is 0. The predicted octanol–water partition coefficient (Wildman–Crippen LogP) is 31.1. The van der Waals surface area contributed by atoms with Crippen LogP contribution >= 0.6 is 0 Å². The number of aryl methyl sites for hydroxylation is 18. The Morgan fingerprint density at radius 2 is 0.380 bits per heavy atom. The second-order valence-electron chi connectivity index (χ2n) is 42.2. The van der Waals surface area contributed by atoms with E-state index in [-0.39, 0.29) is 37.6 Å². The highest BCUT2D eigenvalue weighted by atomic mass is 19.1. The Hall–Kier alpha value is -16.6. The van der Waals surface area contributed by atoms with E-state index in [0.29, 0.717) is 0 Å². The highest BCUT2D eigenvalue weighted by Crippen LogP contribution is 2.45. The van der Waals surface area contributed by atoms with Gasteiger partial charge in [-0.1, -0.05) is 440 Å². The number of rotatable bonds is 15. The van der Waals surface area contributed by atoms with Crippen LogP contribution < -0.4 is 49.2 Å². The molecule has 150 heavy (non-hydrogen) atoms. The molecule has 3 aromatic heterocycles. The molecule has 3 nitrogen and oxygen atoms in total. The summed E-state index contributed by atoms with van der Waals surface area (Å²) < 4.78 is 41.7. The van der Waals surface area contributed by atoms with Gasteiger partial charge in [0.05, 0.1) is 33.6 Å². The van der Waals surface area contributed by atoms with Crippen molar-refractivity contribution in [2.45, 2.75) is 125 Å². The lowest BCUT2D eigenvalue weighted by atomic mass is 9.33. The standard InChI is InChI=1S/C53H43BFN.C47H39BFN.C41H35BFN/c1-32-28-34(3)51(35(4)29-32)54(52-36(5)30-33(2)31-37(52)6)42-22-18-39(19-23-42)38-14-16-40(17-15-38)44-11-9-12-46-45(44)26-27-48-50(46)47-10-7-8-13-49(47)56-53(48)41-20-24-43(55)25-21-41;1-28-24-30(3)45(31(4)25-28)48(46-32(5)26-29(2)27-33(46)6)36-18-14-34(15-19-36)38-11-9-12-40-39(38)22-23-42-44(40)41-10-7-8-13-43(41)50-47(42)35-16-20-37(49)21-17-35;1-24-20-26(3)39(27(4)21-24)42(40-28(5)22-25(2)23-29(40)6)36-12-9-11-33-32(36)18-19-35-38(33)34-10-7-8-13-37(34)44-41(35)30-14-16-31(43)17-15-30/h7-31H,1-6H3;7-27H,1-6H3;7-23H,1-6H3. The maximum absolute atomic E-state index is 13.9. The molecule has 726 valence electrons. The first kappa shape index (κ1) is 98.1. The van der Waals surface area contributed by atoms with E-state index in [4.69, 9.17) is 15.0 Å². The highest BCUT2D eigenvalue weighted by molar-refractivity contribution is 6.98. The fraction of sp³-hybridized carbons (Fsp3) is 0.128. The molecule has 0 saturated carbocycles. The fourth-order valence-corrected chi connectivity index (χ4v) is 25.5. The normalized spacial score (nSPS) is 11.5. The van der Waals surface area contributed by atoms with Crippen molar-refractivity contribution in [3.05, 3.63) is 500 Å². The van der Waals surface area contributed by atoms with Gasteiger partial charge >= 0.3 is 0 Å². The van der Waals surface area contributed by atoms with Gasteiger partial charge in [0.15, 0.2) is 0 Å². The first-order valence-electron chi connectivity index (χ1n) is 52.3. The van der Waals surface area contributed by atoms with Crippen molar-refractivity contribution >= 4 is 167 Å². The van der Waals surface area contributed by atoms with Crippen molar-refractivity contribution in [3.63, 3.8) is 0 Å². The Morgan fingerprint density at radius 1 is 0.167 bits per heavy atom. The van der Waals surface area contributed by atoms with E-state index in [1.54, 1.807) is 0 Å². The molecule has 0 fully saturated rings. The van der Waals surface area contributed by atoms with Crippen molar-refractivity contribution in [1.82, 2.24) is 15.0 Å². The molecule has 0 aliphatic heterocycles. The van der Waals surface area contributed by atoms with E-state index in [9.17, 15) is 13.2 Å². The van der Waals surface area contributed by atoms with Crippen LogP contribution in [0.25, 0.3) is 164 Å². The van der Waals surface area contributed by atoms with Crippen LogP contribution in [0.5, 0.6) is 0 Å². The Kier molecular flexibility index (Phi) is 26.3. The summed E-state index contributed by atoms with van der Waals surface area (Å²) in [4.78, 5) is 15.3. The summed E-state index contributed by atoms with van der Waals surface area (Å²) in [7, 11) is 0. The largest absolute Gasteiger partial charge is 0.247 e. The van der Waals surface area contributed by atoms with E-state index in [0.717, 1.165) is 88.0 Å². The van der Waals surface area contributed by atoms with Crippen LogP contribution in [0.4, 0.5) is 13.2 Å². The molecule has 9 heteroatoms. The molecule has 24 aromatic rings. The van der Waals surface area contributed by atoms with Crippen molar-refractivity contribution in [1.29, 1.82) is 0 Å². The molecule has 0 bridgehead atoms. The molecule has 24 rings (SSSR count). The lowest BCUT2D eigenvalue weighted by molar-refractivity contribution is 0.627. The van der Waals surface area contributed by atoms with Crippen LogP contribution in [0, 0.1) is 142 Å². The topological polar surface area (TPSA) is 38.7 Å². The summed E-state index contributed by atoms with van der Waals surface area (Å²) in [6, 6.07) is 134.